The highest BCUT2D eigenvalue weighted by Crippen LogP contribution is 2.26. The summed E-state index contributed by atoms with van der Waals surface area (Å²) < 4.78 is 1.82. The van der Waals surface area contributed by atoms with Gasteiger partial charge in [0.2, 0.25) is 0 Å². The van der Waals surface area contributed by atoms with Gasteiger partial charge in [-0.2, -0.15) is 5.10 Å². The number of nitrogens with two attached hydrogens (primary N) is 1. The maximum Gasteiger partial charge on any atom is 0.0873 e. The second kappa shape index (κ2) is 3.83. The molecule has 0 aliphatic rings. The highest BCUT2D eigenvalue weighted by atomic mass is 35.5. The third-order valence-electron chi connectivity index (χ3n) is 2.52. The third-order valence-corrected chi connectivity index (χ3v) is 2.75. The van der Waals surface area contributed by atoms with Gasteiger partial charge >= 0.3 is 0 Å². The number of hydrogen-bond acceptors (Lipinski definition) is 2. The van der Waals surface area contributed by atoms with Crippen molar-refractivity contribution in [3.05, 3.63) is 35.3 Å². The van der Waals surface area contributed by atoms with Gasteiger partial charge in [-0.3, -0.25) is 4.68 Å². The number of halogens is 1. The minimum Gasteiger partial charge on any atom is -0.322 e. The van der Waals surface area contributed by atoms with E-state index in [1.54, 1.807) is 0 Å². The van der Waals surface area contributed by atoms with Crippen LogP contribution in [0.5, 0.6) is 0 Å². The summed E-state index contributed by atoms with van der Waals surface area (Å²) in [7, 11) is 1.90. The van der Waals surface area contributed by atoms with Crippen LogP contribution in [-0.2, 0) is 7.05 Å². The lowest BCUT2D eigenvalue weighted by Crippen LogP contribution is -2.10. The monoisotopic (exact) mass is 222 g/mol. The Hall–Kier alpha value is -1.06. The van der Waals surface area contributed by atoms with E-state index < -0.39 is 0 Å². The molecule has 0 saturated heterocycles. The van der Waals surface area contributed by atoms with Gasteiger partial charge in [0, 0.05) is 17.5 Å². The predicted molar refractivity (Wildman–Crippen MR) is 62.6 cm³/mol. The van der Waals surface area contributed by atoms with Crippen molar-refractivity contribution in [2.45, 2.75) is 13.0 Å². The first-order valence-electron chi connectivity index (χ1n) is 4.80. The van der Waals surface area contributed by atoms with Crippen molar-refractivity contribution < 1.29 is 0 Å². The summed E-state index contributed by atoms with van der Waals surface area (Å²) in [5.41, 5.74) is 7.87. The van der Waals surface area contributed by atoms with Gasteiger partial charge in [0.05, 0.1) is 17.3 Å². The number of aromatic nitrogens is 2. The van der Waals surface area contributed by atoms with Crippen molar-refractivity contribution in [3.63, 3.8) is 0 Å². The molecule has 2 N–H and O–H groups in total. The maximum absolute atomic E-state index is 5.96. The molecule has 0 saturated carbocycles. The number of rotatable bonds is 2. The van der Waals surface area contributed by atoms with Gasteiger partial charge in [-0.1, -0.05) is 18.5 Å². The summed E-state index contributed by atoms with van der Waals surface area (Å²) >= 11 is 5.96. The van der Waals surface area contributed by atoms with Crippen molar-refractivity contribution in [1.82, 2.24) is 9.78 Å². The van der Waals surface area contributed by atoms with E-state index in [0.29, 0.717) is 5.02 Å². The Morgan fingerprint density at radius 2 is 2.27 bits per heavy atom. The molecule has 0 aliphatic carbocycles. The zero-order valence-electron chi connectivity index (χ0n) is 8.74. The van der Waals surface area contributed by atoms with Crippen molar-refractivity contribution in [3.8, 4) is 0 Å². The number of hydrogen-bond donors (Lipinski definition) is 1. The van der Waals surface area contributed by atoms with Crippen LogP contribution in [0.3, 0.4) is 0 Å². The van der Waals surface area contributed by atoms with E-state index in [0.717, 1.165) is 16.6 Å². The molecule has 1 aromatic carbocycles. The molecule has 1 atom stereocenters. The summed E-state index contributed by atoms with van der Waals surface area (Å²) in [6, 6.07) is 5.57. The second-order valence-corrected chi connectivity index (χ2v) is 3.97. The van der Waals surface area contributed by atoms with Gasteiger partial charge in [0.15, 0.2) is 0 Å². The van der Waals surface area contributed by atoms with Gasteiger partial charge in [-0.25, -0.2) is 0 Å². The zero-order chi connectivity index (χ0) is 11.0. The fourth-order valence-electron chi connectivity index (χ4n) is 1.67. The molecule has 0 fully saturated rings. The van der Waals surface area contributed by atoms with Crippen LogP contribution in [0.1, 0.15) is 18.7 Å². The number of benzene rings is 1. The average molecular weight is 223 g/mol. The quantitative estimate of drug-likeness (QED) is 0.848. The van der Waals surface area contributed by atoms with E-state index in [4.69, 9.17) is 17.3 Å². The van der Waals surface area contributed by atoms with Crippen LogP contribution in [-0.4, -0.2) is 9.78 Å². The average Bonchev–Trinajstić information content (AvgIpc) is 2.54. The van der Waals surface area contributed by atoms with Crippen LogP contribution >= 0.6 is 11.6 Å². The Labute approximate surface area is 93.8 Å². The lowest BCUT2D eigenvalue weighted by Gasteiger charge is -2.04. The van der Waals surface area contributed by atoms with Crippen LogP contribution < -0.4 is 5.73 Å². The smallest absolute Gasteiger partial charge is 0.0873 e. The molecule has 4 heteroatoms. The lowest BCUT2D eigenvalue weighted by molar-refractivity contribution is 0.722. The number of fused-ring (bicyclic) bond motifs is 1. The summed E-state index contributed by atoms with van der Waals surface area (Å²) in [4.78, 5) is 0. The molecule has 2 rings (SSSR count). The van der Waals surface area contributed by atoms with E-state index in [9.17, 15) is 0 Å². The first-order valence-corrected chi connectivity index (χ1v) is 5.18. The van der Waals surface area contributed by atoms with Crippen molar-refractivity contribution >= 4 is 22.5 Å². The molecule has 0 spiro atoms. The van der Waals surface area contributed by atoms with Crippen molar-refractivity contribution in [2.75, 3.05) is 0 Å². The number of aryl methyl sites for hydroxylation is 1. The normalized spacial score (nSPS) is 13.3. The SMILES string of the molecule is C[CH]C(N)c1nn(C)c2ccc(Cl)cc12. The maximum atomic E-state index is 5.96. The molecular formula is C11H13ClN3. The molecule has 79 valence electrons. The highest BCUT2D eigenvalue weighted by molar-refractivity contribution is 6.31. The summed E-state index contributed by atoms with van der Waals surface area (Å²) in [6.07, 6.45) is 1.92. The van der Waals surface area contributed by atoms with E-state index in [-0.39, 0.29) is 6.04 Å². The van der Waals surface area contributed by atoms with Crippen molar-refractivity contribution in [2.24, 2.45) is 12.8 Å². The van der Waals surface area contributed by atoms with Crippen LogP contribution in [0.4, 0.5) is 0 Å². The molecule has 0 aliphatic heterocycles. The standard InChI is InChI=1S/C11H13ClN3/c1-3-9(13)11-8-6-7(12)4-5-10(8)15(2)14-11/h3-6,9H,13H2,1-2H3. The number of nitrogens with zero attached hydrogens (tertiary/aromatic N) is 2. The van der Waals surface area contributed by atoms with Gasteiger partial charge in [0.1, 0.15) is 0 Å². The van der Waals surface area contributed by atoms with Crippen LogP contribution in [0, 0.1) is 6.42 Å². The molecule has 1 unspecified atom stereocenters. The fraction of sp³-hybridized carbons (Fsp3) is 0.273. The first-order chi connectivity index (χ1) is 7.13. The van der Waals surface area contributed by atoms with E-state index in [1.807, 2.05) is 43.3 Å². The Balaban J connectivity index is 2.69. The van der Waals surface area contributed by atoms with Crippen molar-refractivity contribution in [1.29, 1.82) is 0 Å². The van der Waals surface area contributed by atoms with E-state index in [1.165, 1.54) is 0 Å². The molecule has 1 aromatic heterocycles. The minimum absolute atomic E-state index is 0.146. The van der Waals surface area contributed by atoms with Gasteiger partial charge in [-0.05, 0) is 24.6 Å². The van der Waals surface area contributed by atoms with Crippen LogP contribution in [0.25, 0.3) is 10.9 Å². The summed E-state index contributed by atoms with van der Waals surface area (Å²) in [5, 5.41) is 6.14. The first kappa shape index (κ1) is 10.5. The third kappa shape index (κ3) is 1.73. The Morgan fingerprint density at radius 3 is 2.93 bits per heavy atom. The predicted octanol–water partition coefficient (Wildman–Crippen LogP) is 2.45. The Morgan fingerprint density at radius 1 is 1.53 bits per heavy atom. The molecule has 1 radical (unpaired) electrons. The second-order valence-electron chi connectivity index (χ2n) is 3.53. The highest BCUT2D eigenvalue weighted by Gasteiger charge is 2.14. The molecule has 15 heavy (non-hydrogen) atoms. The molecular weight excluding hydrogens is 210 g/mol. The Kier molecular flexibility index (Phi) is 2.67. The van der Waals surface area contributed by atoms with Gasteiger partial charge in [0.25, 0.3) is 0 Å². The molecule has 0 amide bonds. The molecule has 0 bridgehead atoms. The van der Waals surface area contributed by atoms with Gasteiger partial charge < -0.3 is 5.73 Å². The van der Waals surface area contributed by atoms with Gasteiger partial charge in [-0.15, -0.1) is 0 Å². The topological polar surface area (TPSA) is 43.8 Å². The molecule has 3 nitrogen and oxygen atoms in total. The van der Waals surface area contributed by atoms with E-state index >= 15 is 0 Å². The summed E-state index contributed by atoms with van der Waals surface area (Å²) in [5.74, 6) is 0. The fourth-order valence-corrected chi connectivity index (χ4v) is 1.84. The largest absolute Gasteiger partial charge is 0.322 e. The summed E-state index contributed by atoms with van der Waals surface area (Å²) in [6.45, 7) is 1.93. The van der Waals surface area contributed by atoms with Crippen LogP contribution in [0.15, 0.2) is 18.2 Å². The van der Waals surface area contributed by atoms with E-state index in [2.05, 4.69) is 5.10 Å². The Bertz CT molecular complexity index is 490. The lowest BCUT2D eigenvalue weighted by atomic mass is 10.1. The zero-order valence-corrected chi connectivity index (χ0v) is 9.49. The minimum atomic E-state index is -0.146. The molecule has 2 aromatic rings. The van der Waals surface area contributed by atoms with Crippen LogP contribution in [0.2, 0.25) is 5.02 Å². The molecule has 1 heterocycles.